The molecule has 0 fully saturated rings. The number of nitrogens with zero attached hydrogens (tertiary/aromatic N) is 2. The van der Waals surface area contributed by atoms with E-state index < -0.39 is 0 Å². The lowest BCUT2D eigenvalue weighted by Crippen LogP contribution is -2.25. The third-order valence-electron chi connectivity index (χ3n) is 3.16. The summed E-state index contributed by atoms with van der Waals surface area (Å²) >= 11 is 0. The van der Waals surface area contributed by atoms with Crippen molar-refractivity contribution in [2.45, 2.75) is 33.2 Å². The fourth-order valence-electron chi connectivity index (χ4n) is 2.25. The van der Waals surface area contributed by atoms with E-state index in [1.807, 2.05) is 41.9 Å². The molecule has 0 aliphatic heterocycles. The third-order valence-corrected chi connectivity index (χ3v) is 3.16. The number of carbonyl (C=O) groups excluding carboxylic acids is 1. The van der Waals surface area contributed by atoms with Gasteiger partial charge in [-0.2, -0.15) is 5.10 Å². The maximum absolute atomic E-state index is 12.1. The van der Waals surface area contributed by atoms with Crippen molar-refractivity contribution in [2.24, 2.45) is 0 Å². The number of nitrogens with one attached hydrogen (secondary N) is 1. The van der Waals surface area contributed by atoms with Gasteiger partial charge in [0.25, 0.3) is 5.91 Å². The van der Waals surface area contributed by atoms with E-state index in [-0.39, 0.29) is 11.8 Å². The molecule has 0 aliphatic carbocycles. The Morgan fingerprint density at radius 1 is 1.33 bits per heavy atom. The molecule has 0 spiro atoms. The van der Waals surface area contributed by atoms with Gasteiger partial charge in [-0.25, -0.2) is 5.48 Å². The zero-order chi connectivity index (χ0) is 15.2. The lowest BCUT2D eigenvalue weighted by atomic mass is 10.1. The SMILES string of the molecule is CCONC(=O)c1cnn(Cc2ccccc2)c1C(C)C. The van der Waals surface area contributed by atoms with Gasteiger partial charge in [-0.3, -0.25) is 14.3 Å². The molecule has 0 bridgehead atoms. The van der Waals surface area contributed by atoms with Gasteiger partial charge >= 0.3 is 0 Å². The van der Waals surface area contributed by atoms with Gasteiger partial charge < -0.3 is 0 Å². The van der Waals surface area contributed by atoms with Crippen LogP contribution in [0.5, 0.6) is 0 Å². The van der Waals surface area contributed by atoms with Crippen molar-refractivity contribution >= 4 is 5.91 Å². The van der Waals surface area contributed by atoms with E-state index in [1.165, 1.54) is 0 Å². The van der Waals surface area contributed by atoms with E-state index in [0.717, 1.165) is 11.3 Å². The summed E-state index contributed by atoms with van der Waals surface area (Å²) in [4.78, 5) is 17.1. The van der Waals surface area contributed by atoms with Crippen molar-refractivity contribution in [1.82, 2.24) is 15.3 Å². The smallest absolute Gasteiger partial charge is 0.274 e. The number of hydrogen-bond acceptors (Lipinski definition) is 3. The van der Waals surface area contributed by atoms with Crippen molar-refractivity contribution < 1.29 is 9.63 Å². The number of benzene rings is 1. The number of amides is 1. The monoisotopic (exact) mass is 287 g/mol. The molecular weight excluding hydrogens is 266 g/mol. The molecule has 112 valence electrons. The van der Waals surface area contributed by atoms with E-state index >= 15 is 0 Å². The van der Waals surface area contributed by atoms with Crippen LogP contribution in [0.3, 0.4) is 0 Å². The Hall–Kier alpha value is -2.14. The molecule has 1 amide bonds. The van der Waals surface area contributed by atoms with Gasteiger partial charge in [-0.1, -0.05) is 44.2 Å². The van der Waals surface area contributed by atoms with Crippen LogP contribution >= 0.6 is 0 Å². The van der Waals surface area contributed by atoms with Gasteiger partial charge in [0.2, 0.25) is 0 Å². The second-order valence-electron chi connectivity index (χ2n) is 5.11. The molecule has 2 rings (SSSR count). The van der Waals surface area contributed by atoms with Gasteiger partial charge in [0.05, 0.1) is 30.6 Å². The maximum atomic E-state index is 12.1. The molecule has 0 saturated heterocycles. The molecule has 0 atom stereocenters. The van der Waals surface area contributed by atoms with Crippen LogP contribution in [-0.2, 0) is 11.4 Å². The first-order chi connectivity index (χ1) is 10.1. The lowest BCUT2D eigenvalue weighted by Gasteiger charge is -2.13. The predicted octanol–water partition coefficient (Wildman–Crippen LogP) is 2.74. The minimum Gasteiger partial charge on any atom is -0.274 e. The van der Waals surface area contributed by atoms with Crippen LogP contribution < -0.4 is 5.48 Å². The number of aromatic nitrogens is 2. The van der Waals surface area contributed by atoms with Crippen molar-refractivity contribution in [3.63, 3.8) is 0 Å². The van der Waals surface area contributed by atoms with E-state index in [9.17, 15) is 4.79 Å². The number of rotatable bonds is 6. The molecule has 0 saturated carbocycles. The number of hydroxylamine groups is 1. The minimum atomic E-state index is -0.250. The predicted molar refractivity (Wildman–Crippen MR) is 81.0 cm³/mol. The maximum Gasteiger partial charge on any atom is 0.278 e. The lowest BCUT2D eigenvalue weighted by molar-refractivity contribution is 0.0363. The van der Waals surface area contributed by atoms with Crippen molar-refractivity contribution in [3.8, 4) is 0 Å². The Bertz CT molecular complexity index is 591. The van der Waals surface area contributed by atoms with Crippen LogP contribution in [-0.4, -0.2) is 22.3 Å². The van der Waals surface area contributed by atoms with Gasteiger partial charge in [0.1, 0.15) is 0 Å². The fraction of sp³-hybridized carbons (Fsp3) is 0.375. The summed E-state index contributed by atoms with van der Waals surface area (Å²) < 4.78 is 1.88. The summed E-state index contributed by atoms with van der Waals surface area (Å²) in [5, 5.41) is 4.36. The average Bonchev–Trinajstić information content (AvgIpc) is 2.89. The first-order valence-corrected chi connectivity index (χ1v) is 7.15. The Morgan fingerprint density at radius 3 is 2.67 bits per heavy atom. The van der Waals surface area contributed by atoms with E-state index in [2.05, 4.69) is 24.4 Å². The van der Waals surface area contributed by atoms with Crippen LogP contribution in [0.25, 0.3) is 0 Å². The third kappa shape index (κ3) is 3.70. The van der Waals surface area contributed by atoms with Gasteiger partial charge in [0, 0.05) is 0 Å². The highest BCUT2D eigenvalue weighted by atomic mass is 16.6. The zero-order valence-electron chi connectivity index (χ0n) is 12.7. The largest absolute Gasteiger partial charge is 0.278 e. The van der Waals surface area contributed by atoms with Crippen LogP contribution in [0.4, 0.5) is 0 Å². The Balaban J connectivity index is 2.26. The average molecular weight is 287 g/mol. The van der Waals surface area contributed by atoms with Gasteiger partial charge in [0.15, 0.2) is 0 Å². The molecule has 5 nitrogen and oxygen atoms in total. The Morgan fingerprint density at radius 2 is 2.05 bits per heavy atom. The van der Waals surface area contributed by atoms with E-state index in [1.54, 1.807) is 6.20 Å². The summed E-state index contributed by atoms with van der Waals surface area (Å²) in [5.74, 6) is -0.0570. The minimum absolute atomic E-state index is 0.193. The molecule has 0 unspecified atom stereocenters. The summed E-state index contributed by atoms with van der Waals surface area (Å²) in [7, 11) is 0. The molecular formula is C16H21N3O2. The topological polar surface area (TPSA) is 56.1 Å². The molecule has 21 heavy (non-hydrogen) atoms. The summed E-state index contributed by atoms with van der Waals surface area (Å²) in [6.07, 6.45) is 1.60. The molecule has 1 heterocycles. The number of hydrogen-bond donors (Lipinski definition) is 1. The summed E-state index contributed by atoms with van der Waals surface area (Å²) in [6.45, 7) is 7.01. The molecule has 1 N–H and O–H groups in total. The van der Waals surface area contributed by atoms with Crippen molar-refractivity contribution in [3.05, 3.63) is 53.3 Å². The standard InChI is InChI=1S/C16H21N3O2/c1-4-21-18-16(20)14-10-17-19(15(14)12(2)3)11-13-8-6-5-7-9-13/h5-10,12H,4,11H2,1-3H3,(H,18,20). The van der Waals surface area contributed by atoms with Crippen LogP contribution in [0.1, 0.15) is 48.3 Å². The molecule has 0 aliphatic rings. The van der Waals surface area contributed by atoms with Crippen LogP contribution in [0.15, 0.2) is 36.5 Å². The first kappa shape index (κ1) is 15.3. The fourth-order valence-corrected chi connectivity index (χ4v) is 2.25. The first-order valence-electron chi connectivity index (χ1n) is 7.15. The molecule has 0 radical (unpaired) electrons. The summed E-state index contributed by atoms with van der Waals surface area (Å²) in [6, 6.07) is 10.1. The Kier molecular flexibility index (Phi) is 5.11. The van der Waals surface area contributed by atoms with Crippen molar-refractivity contribution in [2.75, 3.05) is 6.61 Å². The van der Waals surface area contributed by atoms with Gasteiger partial charge in [-0.15, -0.1) is 0 Å². The van der Waals surface area contributed by atoms with Crippen LogP contribution in [0, 0.1) is 0 Å². The highest BCUT2D eigenvalue weighted by Crippen LogP contribution is 2.20. The molecule has 5 heteroatoms. The number of carbonyl (C=O) groups is 1. The second kappa shape index (κ2) is 7.04. The Labute approximate surface area is 124 Å². The summed E-state index contributed by atoms with van der Waals surface area (Å²) in [5.41, 5.74) is 5.06. The van der Waals surface area contributed by atoms with E-state index in [4.69, 9.17) is 4.84 Å². The highest BCUT2D eigenvalue weighted by Gasteiger charge is 2.20. The van der Waals surface area contributed by atoms with E-state index in [0.29, 0.717) is 18.7 Å². The van der Waals surface area contributed by atoms with Crippen LogP contribution in [0.2, 0.25) is 0 Å². The quantitative estimate of drug-likeness (QED) is 0.831. The molecule has 1 aromatic heterocycles. The zero-order valence-corrected chi connectivity index (χ0v) is 12.7. The molecule has 1 aromatic carbocycles. The normalized spacial score (nSPS) is 10.9. The molecule has 2 aromatic rings. The van der Waals surface area contributed by atoms with Gasteiger partial charge in [-0.05, 0) is 18.4 Å². The highest BCUT2D eigenvalue weighted by molar-refractivity contribution is 5.94. The second-order valence-corrected chi connectivity index (χ2v) is 5.11. The van der Waals surface area contributed by atoms with Crippen molar-refractivity contribution in [1.29, 1.82) is 0 Å².